The molecule has 1 N–H and O–H groups in total. The fraction of sp³-hybridized carbons (Fsp3) is 0.400. The van der Waals surface area contributed by atoms with Gasteiger partial charge in [-0.15, -0.1) is 0 Å². The number of piperidine rings is 1. The van der Waals surface area contributed by atoms with Crippen molar-refractivity contribution in [3.05, 3.63) is 48.4 Å². The minimum atomic E-state index is -0.334. The molecule has 2 heterocycles. The summed E-state index contributed by atoms with van der Waals surface area (Å²) in [7, 11) is 0. The summed E-state index contributed by atoms with van der Waals surface area (Å²) in [5, 5.41) is 2.74. The zero-order chi connectivity index (χ0) is 18.5. The molecule has 1 fully saturated rings. The molecule has 1 aromatic heterocycles. The summed E-state index contributed by atoms with van der Waals surface area (Å²) in [6.45, 7) is 5.90. The highest BCUT2D eigenvalue weighted by atomic mass is 16.5. The molecule has 0 saturated carbocycles. The van der Waals surface area contributed by atoms with Gasteiger partial charge in [0, 0.05) is 24.8 Å². The first-order chi connectivity index (χ1) is 12.5. The molecule has 6 nitrogen and oxygen atoms in total. The van der Waals surface area contributed by atoms with Crippen molar-refractivity contribution in [1.82, 2.24) is 4.90 Å². The van der Waals surface area contributed by atoms with Crippen LogP contribution in [0.15, 0.2) is 47.1 Å². The summed E-state index contributed by atoms with van der Waals surface area (Å²) < 4.78 is 10.7. The second-order valence-corrected chi connectivity index (χ2v) is 6.99. The highest BCUT2D eigenvalue weighted by Gasteiger charge is 2.25. The minimum absolute atomic E-state index is 0.00494. The van der Waals surface area contributed by atoms with Crippen LogP contribution in [-0.2, 0) is 4.79 Å². The Kier molecular flexibility index (Phi) is 5.61. The van der Waals surface area contributed by atoms with Gasteiger partial charge in [-0.25, -0.2) is 0 Å². The molecule has 1 aliphatic rings. The van der Waals surface area contributed by atoms with Crippen LogP contribution >= 0.6 is 0 Å². The van der Waals surface area contributed by atoms with E-state index < -0.39 is 0 Å². The first kappa shape index (κ1) is 18.0. The van der Waals surface area contributed by atoms with Crippen LogP contribution in [0.25, 0.3) is 0 Å². The van der Waals surface area contributed by atoms with Crippen molar-refractivity contribution in [3.8, 4) is 5.75 Å². The van der Waals surface area contributed by atoms with E-state index in [1.54, 1.807) is 36.4 Å². The van der Waals surface area contributed by atoms with Crippen LogP contribution in [-0.4, -0.2) is 36.4 Å². The highest BCUT2D eigenvalue weighted by molar-refractivity contribution is 6.02. The average molecular weight is 356 g/mol. The topological polar surface area (TPSA) is 71.8 Å². The molecule has 138 valence electrons. The molecular formula is C20H24N2O4. The number of nitrogens with zero attached hydrogens (tertiary/aromatic N) is 1. The minimum Gasteiger partial charge on any atom is -0.484 e. The second-order valence-electron chi connectivity index (χ2n) is 6.99. The van der Waals surface area contributed by atoms with Crippen molar-refractivity contribution < 1.29 is 18.7 Å². The molecule has 3 rings (SSSR count). The number of anilines is 1. The second kappa shape index (κ2) is 8.08. The van der Waals surface area contributed by atoms with Crippen molar-refractivity contribution in [2.45, 2.75) is 20.3 Å². The van der Waals surface area contributed by atoms with E-state index in [0.29, 0.717) is 23.3 Å². The number of hydrogen-bond acceptors (Lipinski definition) is 4. The van der Waals surface area contributed by atoms with Gasteiger partial charge in [-0.1, -0.05) is 19.9 Å². The smallest absolute Gasteiger partial charge is 0.291 e. The van der Waals surface area contributed by atoms with E-state index in [4.69, 9.17) is 9.15 Å². The van der Waals surface area contributed by atoms with E-state index in [9.17, 15) is 9.59 Å². The lowest BCUT2D eigenvalue weighted by atomic mass is 9.92. The maximum absolute atomic E-state index is 12.4. The third-order valence-electron chi connectivity index (χ3n) is 4.42. The molecule has 6 heteroatoms. The van der Waals surface area contributed by atoms with Crippen LogP contribution in [0.4, 0.5) is 5.69 Å². The SMILES string of the molecule is CC1CC(C)CN(C(=O)COc2cccc(NC(=O)c3ccco3)c2)C1. The van der Waals surface area contributed by atoms with Crippen molar-refractivity contribution in [2.75, 3.05) is 25.0 Å². The normalized spacial score (nSPS) is 19.8. The molecular weight excluding hydrogens is 332 g/mol. The van der Waals surface area contributed by atoms with Crippen LogP contribution in [0.5, 0.6) is 5.75 Å². The lowest BCUT2D eigenvalue weighted by molar-refractivity contribution is -0.136. The van der Waals surface area contributed by atoms with Crippen LogP contribution < -0.4 is 10.1 Å². The molecule has 26 heavy (non-hydrogen) atoms. The summed E-state index contributed by atoms with van der Waals surface area (Å²) >= 11 is 0. The van der Waals surface area contributed by atoms with E-state index in [1.165, 1.54) is 6.26 Å². The fourth-order valence-electron chi connectivity index (χ4n) is 3.37. The number of carbonyl (C=O) groups is 2. The molecule has 1 aliphatic heterocycles. The van der Waals surface area contributed by atoms with Crippen LogP contribution in [0, 0.1) is 11.8 Å². The first-order valence-corrected chi connectivity index (χ1v) is 8.86. The zero-order valence-corrected chi connectivity index (χ0v) is 15.1. The molecule has 0 aliphatic carbocycles. The van der Waals surface area contributed by atoms with Gasteiger partial charge in [0.25, 0.3) is 11.8 Å². The van der Waals surface area contributed by atoms with Gasteiger partial charge >= 0.3 is 0 Å². The molecule has 2 amide bonds. The van der Waals surface area contributed by atoms with Crippen molar-refractivity contribution in [2.24, 2.45) is 11.8 Å². The zero-order valence-electron chi connectivity index (χ0n) is 15.1. The Bertz CT molecular complexity index is 747. The van der Waals surface area contributed by atoms with Crippen molar-refractivity contribution >= 4 is 17.5 Å². The molecule has 0 bridgehead atoms. The number of hydrogen-bond donors (Lipinski definition) is 1. The number of ether oxygens (including phenoxy) is 1. The van der Waals surface area contributed by atoms with Gasteiger partial charge in [0.1, 0.15) is 5.75 Å². The Morgan fingerprint density at radius 1 is 1.19 bits per heavy atom. The predicted molar refractivity (Wildman–Crippen MR) is 98.1 cm³/mol. The largest absolute Gasteiger partial charge is 0.484 e. The van der Waals surface area contributed by atoms with E-state index in [2.05, 4.69) is 19.2 Å². The van der Waals surface area contributed by atoms with Gasteiger partial charge in [-0.2, -0.15) is 0 Å². The summed E-state index contributed by atoms with van der Waals surface area (Å²) in [5.41, 5.74) is 0.580. The Hall–Kier alpha value is -2.76. The van der Waals surface area contributed by atoms with Gasteiger partial charge < -0.3 is 19.4 Å². The van der Waals surface area contributed by atoms with Crippen LogP contribution in [0.2, 0.25) is 0 Å². The van der Waals surface area contributed by atoms with E-state index in [0.717, 1.165) is 19.5 Å². The number of nitrogens with one attached hydrogen (secondary N) is 1. The maximum atomic E-state index is 12.4. The quantitative estimate of drug-likeness (QED) is 0.891. The average Bonchev–Trinajstić information content (AvgIpc) is 3.14. The van der Waals surface area contributed by atoms with Gasteiger partial charge in [-0.3, -0.25) is 9.59 Å². The molecule has 2 unspecified atom stereocenters. The predicted octanol–water partition coefficient (Wildman–Crippen LogP) is 3.42. The lowest BCUT2D eigenvalue weighted by Crippen LogP contribution is -2.44. The Morgan fingerprint density at radius 2 is 1.96 bits per heavy atom. The summed E-state index contributed by atoms with van der Waals surface area (Å²) in [4.78, 5) is 26.3. The summed E-state index contributed by atoms with van der Waals surface area (Å²) in [6.07, 6.45) is 2.60. The molecule has 1 aromatic carbocycles. The van der Waals surface area contributed by atoms with Crippen LogP contribution in [0.1, 0.15) is 30.8 Å². The number of amides is 2. The molecule has 0 radical (unpaired) electrons. The van der Waals surface area contributed by atoms with Crippen LogP contribution in [0.3, 0.4) is 0 Å². The number of benzene rings is 1. The van der Waals surface area contributed by atoms with Gasteiger partial charge in [-0.05, 0) is 42.5 Å². The Morgan fingerprint density at radius 3 is 2.65 bits per heavy atom. The number of furan rings is 1. The highest BCUT2D eigenvalue weighted by Crippen LogP contribution is 2.22. The lowest BCUT2D eigenvalue weighted by Gasteiger charge is -2.34. The third-order valence-corrected chi connectivity index (χ3v) is 4.42. The third kappa shape index (κ3) is 4.65. The summed E-state index contributed by atoms with van der Waals surface area (Å²) in [5.74, 6) is 1.46. The van der Waals surface area contributed by atoms with E-state index in [1.807, 2.05) is 4.90 Å². The molecule has 1 saturated heterocycles. The Labute approximate surface area is 153 Å². The maximum Gasteiger partial charge on any atom is 0.291 e. The first-order valence-electron chi connectivity index (χ1n) is 8.86. The van der Waals surface area contributed by atoms with Gasteiger partial charge in [0.05, 0.1) is 6.26 Å². The molecule has 0 spiro atoms. The number of carbonyl (C=O) groups excluding carboxylic acids is 2. The standard InChI is InChI=1S/C20H24N2O4/c1-14-9-15(2)12-22(11-14)19(23)13-26-17-6-3-5-16(10-17)21-20(24)18-7-4-8-25-18/h3-8,10,14-15H,9,11-13H2,1-2H3,(H,21,24). The van der Waals surface area contributed by atoms with Gasteiger partial charge in [0.2, 0.25) is 0 Å². The fourth-order valence-corrected chi connectivity index (χ4v) is 3.37. The molecule has 2 atom stereocenters. The van der Waals surface area contributed by atoms with Crippen molar-refractivity contribution in [1.29, 1.82) is 0 Å². The number of rotatable bonds is 5. The van der Waals surface area contributed by atoms with E-state index in [-0.39, 0.29) is 24.2 Å². The van der Waals surface area contributed by atoms with Gasteiger partial charge in [0.15, 0.2) is 12.4 Å². The summed E-state index contributed by atoms with van der Waals surface area (Å²) in [6, 6.07) is 10.2. The monoisotopic (exact) mass is 356 g/mol. The van der Waals surface area contributed by atoms with E-state index >= 15 is 0 Å². The Balaban J connectivity index is 1.55. The van der Waals surface area contributed by atoms with Crippen molar-refractivity contribution in [3.63, 3.8) is 0 Å². The molecule has 2 aromatic rings. The number of likely N-dealkylation sites (tertiary alicyclic amines) is 1.